The monoisotopic (exact) mass is 328 g/mol. The predicted molar refractivity (Wildman–Crippen MR) is 75.0 cm³/mol. The molecule has 0 aliphatic heterocycles. The maximum atomic E-state index is 11.9. The van der Waals surface area contributed by atoms with Gasteiger partial charge in [-0.15, -0.1) is 0 Å². The van der Waals surface area contributed by atoms with Crippen LogP contribution in [0.2, 0.25) is 5.22 Å². The Hall–Kier alpha value is -1.46. The lowest BCUT2D eigenvalue weighted by Gasteiger charge is -2.10. The molecule has 0 bridgehead atoms. The third kappa shape index (κ3) is 2.68. The fraction of sp³-hybridized carbons (Fsp3) is 0.0833. The Labute approximate surface area is 117 Å². The van der Waals surface area contributed by atoms with Gasteiger partial charge in [0.15, 0.2) is 11.0 Å². The highest BCUT2D eigenvalue weighted by Crippen LogP contribution is 2.28. The van der Waals surface area contributed by atoms with E-state index in [0.717, 1.165) is 10.0 Å². The number of amides is 1. The van der Waals surface area contributed by atoms with Crippen LogP contribution in [0.4, 0.5) is 11.4 Å². The zero-order chi connectivity index (χ0) is 13.3. The van der Waals surface area contributed by atoms with Crippen LogP contribution in [-0.4, -0.2) is 5.91 Å². The van der Waals surface area contributed by atoms with E-state index in [0.29, 0.717) is 11.4 Å². The van der Waals surface area contributed by atoms with Crippen LogP contribution in [0.1, 0.15) is 16.1 Å². The molecular weight excluding hydrogens is 320 g/mol. The van der Waals surface area contributed by atoms with E-state index >= 15 is 0 Å². The standard InChI is InChI=1S/C12H10BrClN2O2/c1-6-4-7(13)5-8(15)11(6)16-12(17)9-2-3-10(14)18-9/h2-5H,15H2,1H3,(H,16,17). The molecule has 4 nitrogen and oxygen atoms in total. The van der Waals surface area contributed by atoms with Gasteiger partial charge >= 0.3 is 0 Å². The van der Waals surface area contributed by atoms with Gasteiger partial charge in [-0.1, -0.05) is 15.9 Å². The van der Waals surface area contributed by atoms with Gasteiger partial charge in [0.1, 0.15) is 0 Å². The first-order valence-corrected chi connectivity index (χ1v) is 6.27. The van der Waals surface area contributed by atoms with Crippen LogP contribution in [0.15, 0.2) is 33.2 Å². The van der Waals surface area contributed by atoms with E-state index in [-0.39, 0.29) is 16.9 Å². The first-order valence-electron chi connectivity index (χ1n) is 5.09. The Morgan fingerprint density at radius 2 is 2.17 bits per heavy atom. The van der Waals surface area contributed by atoms with Crippen LogP contribution in [0.5, 0.6) is 0 Å². The van der Waals surface area contributed by atoms with E-state index < -0.39 is 0 Å². The molecule has 0 saturated heterocycles. The van der Waals surface area contributed by atoms with Crippen LogP contribution >= 0.6 is 27.5 Å². The predicted octanol–water partition coefficient (Wildman–Crippen LogP) is 3.84. The number of benzene rings is 1. The quantitative estimate of drug-likeness (QED) is 0.823. The van der Waals surface area contributed by atoms with E-state index in [1.165, 1.54) is 12.1 Å². The molecule has 18 heavy (non-hydrogen) atoms. The minimum absolute atomic E-state index is 0.140. The average molecular weight is 330 g/mol. The molecule has 1 aromatic heterocycles. The molecule has 1 amide bonds. The highest BCUT2D eigenvalue weighted by atomic mass is 79.9. The van der Waals surface area contributed by atoms with Gasteiger partial charge in [-0.25, -0.2) is 0 Å². The third-order valence-electron chi connectivity index (χ3n) is 2.37. The van der Waals surface area contributed by atoms with Crippen molar-refractivity contribution in [3.63, 3.8) is 0 Å². The molecule has 1 heterocycles. The van der Waals surface area contributed by atoms with Crippen molar-refractivity contribution in [2.75, 3.05) is 11.1 Å². The molecule has 0 fully saturated rings. The van der Waals surface area contributed by atoms with E-state index in [9.17, 15) is 4.79 Å². The molecule has 94 valence electrons. The van der Waals surface area contributed by atoms with Gasteiger partial charge in [-0.2, -0.15) is 0 Å². The first kappa shape index (κ1) is 13.0. The summed E-state index contributed by atoms with van der Waals surface area (Å²) in [4.78, 5) is 11.9. The van der Waals surface area contributed by atoms with Crippen molar-refractivity contribution in [2.24, 2.45) is 0 Å². The molecule has 0 unspecified atom stereocenters. The number of nitrogens with one attached hydrogen (secondary N) is 1. The molecule has 0 saturated carbocycles. The summed E-state index contributed by atoms with van der Waals surface area (Å²) in [5, 5.41) is 2.87. The van der Waals surface area contributed by atoms with Gasteiger partial charge in [0.05, 0.1) is 11.4 Å². The van der Waals surface area contributed by atoms with Crippen molar-refractivity contribution in [1.82, 2.24) is 0 Å². The molecule has 0 spiro atoms. The van der Waals surface area contributed by atoms with Crippen molar-refractivity contribution in [3.05, 3.63) is 45.3 Å². The third-order valence-corrected chi connectivity index (χ3v) is 3.03. The smallest absolute Gasteiger partial charge is 0.291 e. The minimum Gasteiger partial charge on any atom is -0.440 e. The SMILES string of the molecule is Cc1cc(Br)cc(N)c1NC(=O)c1ccc(Cl)o1. The normalized spacial score (nSPS) is 10.4. The number of hydrogen-bond acceptors (Lipinski definition) is 3. The highest BCUT2D eigenvalue weighted by Gasteiger charge is 2.14. The highest BCUT2D eigenvalue weighted by molar-refractivity contribution is 9.10. The average Bonchev–Trinajstić information content (AvgIpc) is 2.70. The summed E-state index contributed by atoms with van der Waals surface area (Å²) >= 11 is 8.95. The second kappa shape index (κ2) is 5.04. The second-order valence-corrected chi connectivity index (χ2v) is 5.03. The summed E-state index contributed by atoms with van der Waals surface area (Å²) in [5.74, 6) is -0.249. The second-order valence-electron chi connectivity index (χ2n) is 3.74. The van der Waals surface area contributed by atoms with Crippen LogP contribution in [0, 0.1) is 6.92 Å². The van der Waals surface area contributed by atoms with Crippen molar-refractivity contribution in [2.45, 2.75) is 6.92 Å². The van der Waals surface area contributed by atoms with E-state index in [4.69, 9.17) is 21.8 Å². The molecule has 2 aromatic rings. The molecule has 0 aliphatic rings. The van der Waals surface area contributed by atoms with Gasteiger partial charge in [0.2, 0.25) is 0 Å². The molecule has 2 rings (SSSR count). The Kier molecular flexibility index (Phi) is 3.63. The zero-order valence-corrected chi connectivity index (χ0v) is 11.8. The number of nitrogens with two attached hydrogens (primary N) is 1. The topological polar surface area (TPSA) is 68.3 Å². The van der Waals surface area contributed by atoms with Gasteiger partial charge < -0.3 is 15.5 Å². The Bertz CT molecular complexity index is 587. The Balaban J connectivity index is 2.27. The lowest BCUT2D eigenvalue weighted by Crippen LogP contribution is -2.13. The largest absolute Gasteiger partial charge is 0.440 e. The molecular formula is C12H10BrClN2O2. The number of furan rings is 1. The van der Waals surface area contributed by atoms with Gasteiger partial charge in [0.25, 0.3) is 5.91 Å². The summed E-state index contributed by atoms with van der Waals surface area (Å²) < 4.78 is 5.88. The minimum atomic E-state index is -0.390. The lowest BCUT2D eigenvalue weighted by molar-refractivity contribution is 0.0996. The van der Waals surface area contributed by atoms with Crippen molar-refractivity contribution < 1.29 is 9.21 Å². The molecule has 0 aliphatic carbocycles. The number of rotatable bonds is 2. The maximum absolute atomic E-state index is 11.9. The molecule has 0 radical (unpaired) electrons. The summed E-state index contributed by atoms with van der Waals surface area (Å²) in [6.45, 7) is 1.85. The molecule has 0 atom stereocenters. The van der Waals surface area contributed by atoms with Crippen LogP contribution in [0.3, 0.4) is 0 Å². The van der Waals surface area contributed by atoms with Crippen LogP contribution in [-0.2, 0) is 0 Å². The Morgan fingerprint density at radius 1 is 1.44 bits per heavy atom. The number of carbonyl (C=O) groups excluding carboxylic acids is 1. The number of hydrogen-bond donors (Lipinski definition) is 2. The number of carbonyl (C=O) groups is 1. The van der Waals surface area contributed by atoms with Gasteiger partial charge in [0, 0.05) is 4.47 Å². The fourth-order valence-electron chi connectivity index (χ4n) is 1.55. The number of anilines is 2. The van der Waals surface area contributed by atoms with Crippen LogP contribution in [0.25, 0.3) is 0 Å². The molecule has 6 heteroatoms. The summed E-state index contributed by atoms with van der Waals surface area (Å²) in [5.41, 5.74) is 7.75. The summed E-state index contributed by atoms with van der Waals surface area (Å²) in [7, 11) is 0. The van der Waals surface area contributed by atoms with Crippen molar-refractivity contribution >= 4 is 44.8 Å². The number of aryl methyl sites for hydroxylation is 1. The van der Waals surface area contributed by atoms with E-state index in [1.807, 2.05) is 13.0 Å². The summed E-state index contributed by atoms with van der Waals surface area (Å²) in [6, 6.07) is 6.59. The van der Waals surface area contributed by atoms with Gasteiger partial charge in [-0.3, -0.25) is 4.79 Å². The summed E-state index contributed by atoms with van der Waals surface area (Å²) in [6.07, 6.45) is 0. The molecule has 1 aromatic carbocycles. The fourth-order valence-corrected chi connectivity index (χ4v) is 2.29. The number of halogens is 2. The van der Waals surface area contributed by atoms with Crippen molar-refractivity contribution in [3.8, 4) is 0 Å². The number of nitrogen functional groups attached to an aromatic ring is 1. The van der Waals surface area contributed by atoms with E-state index in [2.05, 4.69) is 21.2 Å². The van der Waals surface area contributed by atoms with E-state index in [1.54, 1.807) is 6.07 Å². The maximum Gasteiger partial charge on any atom is 0.291 e. The van der Waals surface area contributed by atoms with Crippen LogP contribution < -0.4 is 11.1 Å². The Morgan fingerprint density at radius 3 is 2.72 bits per heavy atom. The van der Waals surface area contributed by atoms with Crippen molar-refractivity contribution in [1.29, 1.82) is 0 Å². The molecule has 3 N–H and O–H groups in total. The zero-order valence-electron chi connectivity index (χ0n) is 9.46. The van der Waals surface area contributed by atoms with Gasteiger partial charge in [-0.05, 0) is 48.4 Å². The first-order chi connectivity index (χ1) is 8.47. The lowest BCUT2D eigenvalue weighted by atomic mass is 10.1.